The fourth-order valence-corrected chi connectivity index (χ4v) is 4.88. The summed E-state index contributed by atoms with van der Waals surface area (Å²) in [4.78, 5) is 2.18. The summed E-state index contributed by atoms with van der Waals surface area (Å²) in [5, 5.41) is 0.0403. The number of benzene rings is 1. The van der Waals surface area contributed by atoms with Gasteiger partial charge in [0, 0.05) is 19.6 Å². The molecule has 146 valence electrons. The maximum absolute atomic E-state index is 12.6. The molecule has 0 unspecified atom stereocenters. The molecule has 0 bridgehead atoms. The van der Waals surface area contributed by atoms with E-state index in [-0.39, 0.29) is 11.9 Å². The number of rotatable bonds is 7. The highest BCUT2D eigenvalue weighted by atomic mass is 32.2. The second-order valence-electron chi connectivity index (χ2n) is 6.82. The van der Waals surface area contributed by atoms with E-state index in [0.29, 0.717) is 31.9 Å². The van der Waals surface area contributed by atoms with Crippen LogP contribution >= 0.6 is 0 Å². The van der Waals surface area contributed by atoms with Gasteiger partial charge >= 0.3 is 0 Å². The third-order valence-corrected chi connectivity index (χ3v) is 6.74. The van der Waals surface area contributed by atoms with Gasteiger partial charge in [0.2, 0.25) is 11.9 Å². The molecule has 2 aliphatic rings. The van der Waals surface area contributed by atoms with Crippen molar-refractivity contribution in [2.24, 2.45) is 0 Å². The first kappa shape index (κ1) is 18.3. The zero-order valence-corrected chi connectivity index (χ0v) is 16.2. The van der Waals surface area contributed by atoms with Crippen LogP contribution in [-0.4, -0.2) is 44.1 Å². The van der Waals surface area contributed by atoms with Crippen molar-refractivity contribution in [2.45, 2.75) is 37.9 Å². The zero-order chi connectivity index (χ0) is 18.9. The first-order valence-corrected chi connectivity index (χ1v) is 10.7. The van der Waals surface area contributed by atoms with Crippen LogP contribution in [-0.2, 0) is 23.1 Å². The number of furan rings is 1. The Hall–Kier alpha value is -2.03. The summed E-state index contributed by atoms with van der Waals surface area (Å²) in [6, 6.07) is 9.24. The minimum Gasteiger partial charge on any atom is -0.454 e. The quantitative estimate of drug-likeness (QED) is 0.722. The Morgan fingerprint density at radius 3 is 2.59 bits per heavy atom. The van der Waals surface area contributed by atoms with Gasteiger partial charge in [-0.1, -0.05) is 13.0 Å². The van der Waals surface area contributed by atoms with Crippen LogP contribution in [0.15, 0.2) is 39.8 Å². The van der Waals surface area contributed by atoms with Gasteiger partial charge in [-0.3, -0.25) is 4.90 Å². The van der Waals surface area contributed by atoms with Gasteiger partial charge in [-0.2, -0.15) is 4.31 Å². The molecule has 7 nitrogen and oxygen atoms in total. The number of fused-ring (bicyclic) bond motifs is 1. The molecule has 0 spiro atoms. The van der Waals surface area contributed by atoms with E-state index in [1.165, 1.54) is 4.31 Å². The Labute approximate surface area is 159 Å². The van der Waals surface area contributed by atoms with Crippen molar-refractivity contribution in [3.8, 4) is 11.5 Å². The van der Waals surface area contributed by atoms with Crippen LogP contribution in [0.5, 0.6) is 11.5 Å². The van der Waals surface area contributed by atoms with Crippen molar-refractivity contribution < 1.29 is 22.3 Å². The van der Waals surface area contributed by atoms with Crippen LogP contribution in [0.1, 0.15) is 31.1 Å². The number of hydrogen-bond donors (Lipinski definition) is 0. The lowest BCUT2D eigenvalue weighted by Crippen LogP contribution is -2.27. The standard InChI is InChI=1S/C19H24N2O5S/c1-2-20(12-15-5-7-17-18(11-15)25-14-24-17)13-16-6-8-19(26-16)27(22,23)21-9-3-4-10-21/h5-8,11H,2-4,9-10,12-14H2,1H3. The average Bonchev–Trinajstić information content (AvgIpc) is 3.41. The number of sulfonamides is 1. The van der Waals surface area contributed by atoms with E-state index in [9.17, 15) is 8.42 Å². The predicted molar refractivity (Wildman–Crippen MR) is 99.1 cm³/mol. The van der Waals surface area contributed by atoms with Crippen LogP contribution in [0.3, 0.4) is 0 Å². The minimum atomic E-state index is -3.51. The third kappa shape index (κ3) is 3.83. The van der Waals surface area contributed by atoms with Gasteiger partial charge in [0.25, 0.3) is 10.0 Å². The molecular weight excluding hydrogens is 368 g/mol. The first-order valence-electron chi connectivity index (χ1n) is 9.26. The average molecular weight is 392 g/mol. The molecule has 2 aromatic rings. The molecule has 1 aromatic carbocycles. The molecule has 1 saturated heterocycles. The van der Waals surface area contributed by atoms with Crippen LogP contribution in [0, 0.1) is 0 Å². The third-order valence-electron chi connectivity index (χ3n) is 4.97. The molecule has 0 atom stereocenters. The smallest absolute Gasteiger partial charge is 0.276 e. The van der Waals surface area contributed by atoms with Crippen molar-refractivity contribution >= 4 is 10.0 Å². The van der Waals surface area contributed by atoms with Gasteiger partial charge in [-0.25, -0.2) is 8.42 Å². The largest absolute Gasteiger partial charge is 0.454 e. The van der Waals surface area contributed by atoms with Gasteiger partial charge in [0.1, 0.15) is 5.76 Å². The molecule has 0 amide bonds. The molecule has 8 heteroatoms. The van der Waals surface area contributed by atoms with Gasteiger partial charge in [-0.15, -0.1) is 0 Å². The van der Waals surface area contributed by atoms with E-state index >= 15 is 0 Å². The SMILES string of the molecule is CCN(Cc1ccc2c(c1)OCO2)Cc1ccc(S(=O)(=O)N2CCCC2)o1. The summed E-state index contributed by atoms with van der Waals surface area (Å²) >= 11 is 0. The highest BCUT2D eigenvalue weighted by Crippen LogP contribution is 2.33. The summed E-state index contributed by atoms with van der Waals surface area (Å²) in [6.07, 6.45) is 1.82. The van der Waals surface area contributed by atoms with E-state index in [1.54, 1.807) is 12.1 Å². The Balaban J connectivity index is 1.44. The monoisotopic (exact) mass is 392 g/mol. The molecule has 0 saturated carbocycles. The van der Waals surface area contributed by atoms with E-state index in [2.05, 4.69) is 11.8 Å². The van der Waals surface area contributed by atoms with Crippen molar-refractivity contribution in [3.63, 3.8) is 0 Å². The number of nitrogens with zero attached hydrogens (tertiary/aromatic N) is 2. The van der Waals surface area contributed by atoms with Crippen molar-refractivity contribution in [3.05, 3.63) is 41.7 Å². The Bertz CT molecular complexity index is 903. The van der Waals surface area contributed by atoms with Gasteiger partial charge < -0.3 is 13.9 Å². The Morgan fingerprint density at radius 1 is 1.04 bits per heavy atom. The van der Waals surface area contributed by atoms with E-state index < -0.39 is 10.0 Å². The molecule has 1 fully saturated rings. The Kier molecular flexibility index (Phi) is 5.12. The molecule has 0 radical (unpaired) electrons. The van der Waals surface area contributed by atoms with Crippen LogP contribution in [0.25, 0.3) is 0 Å². The summed E-state index contributed by atoms with van der Waals surface area (Å²) in [5.41, 5.74) is 1.11. The van der Waals surface area contributed by atoms with E-state index in [4.69, 9.17) is 13.9 Å². The number of ether oxygens (including phenoxy) is 2. The molecule has 0 N–H and O–H groups in total. The van der Waals surface area contributed by atoms with Crippen LogP contribution < -0.4 is 9.47 Å². The van der Waals surface area contributed by atoms with Crippen LogP contribution in [0.2, 0.25) is 0 Å². The lowest BCUT2D eigenvalue weighted by Gasteiger charge is -2.19. The van der Waals surface area contributed by atoms with E-state index in [0.717, 1.165) is 36.4 Å². The molecule has 0 aliphatic carbocycles. The second kappa shape index (κ2) is 7.53. The van der Waals surface area contributed by atoms with Crippen molar-refractivity contribution in [1.82, 2.24) is 9.21 Å². The van der Waals surface area contributed by atoms with Crippen molar-refractivity contribution in [2.75, 3.05) is 26.4 Å². The minimum absolute atomic E-state index is 0.0403. The molecule has 27 heavy (non-hydrogen) atoms. The first-order chi connectivity index (χ1) is 13.1. The highest BCUT2D eigenvalue weighted by Gasteiger charge is 2.30. The fraction of sp³-hybridized carbons (Fsp3) is 0.474. The van der Waals surface area contributed by atoms with Crippen LogP contribution in [0.4, 0.5) is 0 Å². The molecule has 4 rings (SSSR count). The molecule has 3 heterocycles. The van der Waals surface area contributed by atoms with Gasteiger partial charge in [0.05, 0.1) is 6.54 Å². The predicted octanol–water partition coefficient (Wildman–Crippen LogP) is 2.81. The lowest BCUT2D eigenvalue weighted by molar-refractivity contribution is 0.174. The molecular formula is C19H24N2O5S. The van der Waals surface area contributed by atoms with E-state index in [1.807, 2.05) is 18.2 Å². The van der Waals surface area contributed by atoms with Gasteiger partial charge in [0.15, 0.2) is 11.5 Å². The zero-order valence-electron chi connectivity index (χ0n) is 15.4. The van der Waals surface area contributed by atoms with Crippen molar-refractivity contribution in [1.29, 1.82) is 0 Å². The lowest BCUT2D eigenvalue weighted by atomic mass is 10.2. The highest BCUT2D eigenvalue weighted by molar-refractivity contribution is 7.89. The summed E-state index contributed by atoms with van der Waals surface area (Å²) < 4.78 is 43.2. The fourth-order valence-electron chi connectivity index (χ4n) is 3.43. The topological polar surface area (TPSA) is 72.2 Å². The Morgan fingerprint density at radius 2 is 1.81 bits per heavy atom. The summed E-state index contributed by atoms with van der Waals surface area (Å²) in [5.74, 6) is 2.18. The van der Waals surface area contributed by atoms with Gasteiger partial charge in [-0.05, 0) is 49.2 Å². The number of hydrogen-bond acceptors (Lipinski definition) is 6. The second-order valence-corrected chi connectivity index (χ2v) is 8.69. The maximum Gasteiger partial charge on any atom is 0.276 e. The summed E-state index contributed by atoms with van der Waals surface area (Å²) in [7, 11) is -3.51. The molecule has 1 aromatic heterocycles. The maximum atomic E-state index is 12.6. The molecule has 2 aliphatic heterocycles. The normalized spacial score (nSPS) is 17.1. The summed E-state index contributed by atoms with van der Waals surface area (Å²) in [6.45, 7) is 5.54.